The van der Waals surface area contributed by atoms with Crippen LogP contribution in [0.5, 0.6) is 0 Å². The summed E-state index contributed by atoms with van der Waals surface area (Å²) in [7, 11) is 0. The van der Waals surface area contributed by atoms with Crippen LogP contribution in [-0.4, -0.2) is 11.1 Å². The largest absolute Gasteiger partial charge is 0.365 e. The molecule has 0 bridgehead atoms. The Morgan fingerprint density at radius 2 is 2.20 bits per heavy atom. The molecule has 10 heavy (non-hydrogen) atoms. The molecule has 0 aliphatic heterocycles. The van der Waals surface area contributed by atoms with Crippen LogP contribution in [0.3, 0.4) is 0 Å². The second-order valence-corrected chi connectivity index (χ2v) is 1.28. The summed E-state index contributed by atoms with van der Waals surface area (Å²) >= 11 is 0. The minimum Gasteiger partial charge on any atom is -0.365 e. The van der Waals surface area contributed by atoms with E-state index >= 15 is 0 Å². The number of hydrogen-bond donors (Lipinski definition) is 1. The van der Waals surface area contributed by atoms with Crippen molar-refractivity contribution in [2.75, 3.05) is 0 Å². The maximum atomic E-state index is 10.2. The summed E-state index contributed by atoms with van der Waals surface area (Å²) in [6.07, 6.45) is 2.46. The first-order valence-corrected chi connectivity index (χ1v) is 2.00. The van der Waals surface area contributed by atoms with E-state index in [0.29, 0.717) is 5.56 Å². The summed E-state index contributed by atoms with van der Waals surface area (Å²) in [5.41, 5.74) is 5.12. The zero-order valence-electron chi connectivity index (χ0n) is 4.81. The maximum absolute atomic E-state index is 10.2. The highest BCUT2D eigenvalue weighted by molar-refractivity contribution is 5.91. The molecular formula is C4H6Cl2N2O2. The van der Waals surface area contributed by atoms with Gasteiger partial charge in [0.15, 0.2) is 0 Å². The minimum atomic E-state index is -0.522. The highest BCUT2D eigenvalue weighted by Crippen LogP contribution is 1.91. The molecule has 0 radical (unpaired) electrons. The summed E-state index contributed by atoms with van der Waals surface area (Å²) < 4.78 is 4.32. The van der Waals surface area contributed by atoms with Gasteiger partial charge in [-0.25, -0.2) is 0 Å². The van der Waals surface area contributed by atoms with E-state index in [2.05, 4.69) is 9.68 Å². The summed E-state index contributed by atoms with van der Waals surface area (Å²) in [5.74, 6) is -0.522. The number of carbonyl (C=O) groups is 1. The first-order valence-electron chi connectivity index (χ1n) is 2.00. The van der Waals surface area contributed by atoms with Gasteiger partial charge in [0.05, 0.1) is 11.8 Å². The monoisotopic (exact) mass is 184 g/mol. The molecule has 1 aromatic rings. The highest BCUT2D eigenvalue weighted by Gasteiger charge is 1.99. The molecule has 1 heterocycles. The zero-order chi connectivity index (χ0) is 5.98. The molecule has 1 aromatic heterocycles. The third-order valence-corrected chi connectivity index (χ3v) is 0.717. The Morgan fingerprint density at radius 3 is 2.40 bits per heavy atom. The number of rotatable bonds is 1. The summed E-state index contributed by atoms with van der Waals surface area (Å²) in [4.78, 5) is 10.2. The van der Waals surface area contributed by atoms with Crippen LogP contribution in [0.15, 0.2) is 17.0 Å². The van der Waals surface area contributed by atoms with Crippen molar-refractivity contribution in [3.63, 3.8) is 0 Å². The van der Waals surface area contributed by atoms with Gasteiger partial charge in [0.25, 0.3) is 5.91 Å². The predicted molar refractivity (Wildman–Crippen MR) is 39.5 cm³/mol. The average Bonchev–Trinajstić information content (AvgIpc) is 2.12. The third-order valence-electron chi connectivity index (χ3n) is 0.717. The third kappa shape index (κ3) is 2.70. The van der Waals surface area contributed by atoms with E-state index in [-0.39, 0.29) is 24.8 Å². The van der Waals surface area contributed by atoms with Crippen molar-refractivity contribution in [3.8, 4) is 0 Å². The van der Waals surface area contributed by atoms with Crippen LogP contribution < -0.4 is 5.73 Å². The fourth-order valence-electron chi connectivity index (χ4n) is 0.327. The van der Waals surface area contributed by atoms with Crippen molar-refractivity contribution in [2.45, 2.75) is 0 Å². The average molecular weight is 185 g/mol. The number of nitrogens with zero attached hydrogens (tertiary/aromatic N) is 1. The lowest BCUT2D eigenvalue weighted by molar-refractivity contribution is 0.0999. The van der Waals surface area contributed by atoms with Crippen molar-refractivity contribution >= 4 is 30.7 Å². The topological polar surface area (TPSA) is 69.1 Å². The fourth-order valence-corrected chi connectivity index (χ4v) is 0.327. The van der Waals surface area contributed by atoms with Crippen molar-refractivity contribution in [3.05, 3.63) is 18.0 Å². The van der Waals surface area contributed by atoms with Gasteiger partial charge in [-0.1, -0.05) is 5.16 Å². The number of aromatic nitrogens is 1. The second-order valence-electron chi connectivity index (χ2n) is 1.28. The van der Waals surface area contributed by atoms with E-state index < -0.39 is 5.91 Å². The first-order chi connectivity index (χ1) is 3.80. The van der Waals surface area contributed by atoms with E-state index in [1.165, 1.54) is 12.5 Å². The standard InChI is InChI=1S/C4H4N2O2.2ClH/c5-4(7)3-1-6-8-2-3;;/h1-2H,(H2,5,7);2*1H. The summed E-state index contributed by atoms with van der Waals surface area (Å²) in [6, 6.07) is 0. The van der Waals surface area contributed by atoms with Crippen molar-refractivity contribution < 1.29 is 9.32 Å². The lowest BCUT2D eigenvalue weighted by Gasteiger charge is -1.77. The molecule has 0 aliphatic rings. The molecule has 2 N–H and O–H groups in total. The van der Waals surface area contributed by atoms with Crippen LogP contribution in [0.2, 0.25) is 0 Å². The van der Waals surface area contributed by atoms with Crippen LogP contribution in [0.25, 0.3) is 0 Å². The lowest BCUT2D eigenvalue weighted by Crippen LogP contribution is -2.08. The van der Waals surface area contributed by atoms with Crippen LogP contribution in [0.1, 0.15) is 10.4 Å². The molecule has 0 aromatic carbocycles. The van der Waals surface area contributed by atoms with Gasteiger partial charge in [0.1, 0.15) is 6.26 Å². The SMILES string of the molecule is Cl.Cl.NC(=O)c1cnoc1. The molecule has 0 unspecified atom stereocenters. The van der Waals surface area contributed by atoms with Gasteiger partial charge < -0.3 is 10.3 Å². The lowest BCUT2D eigenvalue weighted by atomic mass is 10.4. The number of halogens is 2. The van der Waals surface area contributed by atoms with Gasteiger partial charge >= 0.3 is 0 Å². The molecule has 1 rings (SSSR count). The Labute approximate surface area is 69.6 Å². The Balaban J connectivity index is 0. The molecule has 0 atom stereocenters. The summed E-state index contributed by atoms with van der Waals surface area (Å²) in [5, 5.41) is 3.27. The Morgan fingerprint density at radius 1 is 1.60 bits per heavy atom. The van der Waals surface area contributed by atoms with Gasteiger partial charge in [-0.2, -0.15) is 0 Å². The number of hydrogen-bond acceptors (Lipinski definition) is 3. The van der Waals surface area contributed by atoms with E-state index in [0.717, 1.165) is 0 Å². The van der Waals surface area contributed by atoms with Gasteiger partial charge in [-0.3, -0.25) is 4.79 Å². The van der Waals surface area contributed by atoms with Crippen LogP contribution in [0, 0.1) is 0 Å². The number of primary amides is 1. The molecular weight excluding hydrogens is 179 g/mol. The molecule has 4 nitrogen and oxygen atoms in total. The molecule has 58 valence electrons. The minimum absolute atomic E-state index is 0. The van der Waals surface area contributed by atoms with Crippen molar-refractivity contribution in [1.82, 2.24) is 5.16 Å². The first kappa shape index (κ1) is 12.0. The van der Waals surface area contributed by atoms with Crippen molar-refractivity contribution in [1.29, 1.82) is 0 Å². The normalized spacial score (nSPS) is 7.20. The summed E-state index contributed by atoms with van der Waals surface area (Å²) in [6.45, 7) is 0. The van der Waals surface area contributed by atoms with Crippen molar-refractivity contribution in [2.24, 2.45) is 5.73 Å². The number of carbonyl (C=O) groups excluding carboxylic acids is 1. The van der Waals surface area contributed by atoms with E-state index in [1.807, 2.05) is 0 Å². The number of nitrogens with two attached hydrogens (primary N) is 1. The predicted octanol–water partition coefficient (Wildman–Crippen LogP) is 0.617. The molecule has 1 amide bonds. The van der Waals surface area contributed by atoms with Gasteiger partial charge in [-0.15, -0.1) is 24.8 Å². The fraction of sp³-hybridized carbons (Fsp3) is 0. The van der Waals surface area contributed by atoms with E-state index in [9.17, 15) is 4.79 Å². The maximum Gasteiger partial charge on any atom is 0.253 e. The molecule has 0 aliphatic carbocycles. The van der Waals surface area contributed by atoms with Gasteiger partial charge in [-0.05, 0) is 0 Å². The van der Waals surface area contributed by atoms with Crippen LogP contribution in [0.4, 0.5) is 0 Å². The zero-order valence-corrected chi connectivity index (χ0v) is 6.45. The quantitative estimate of drug-likeness (QED) is 0.696. The smallest absolute Gasteiger partial charge is 0.253 e. The van der Waals surface area contributed by atoms with E-state index in [4.69, 9.17) is 5.73 Å². The molecule has 0 fully saturated rings. The van der Waals surface area contributed by atoms with Gasteiger partial charge in [0.2, 0.25) is 0 Å². The molecule has 0 saturated heterocycles. The van der Waals surface area contributed by atoms with Crippen LogP contribution >= 0.6 is 24.8 Å². The molecule has 0 spiro atoms. The second kappa shape index (κ2) is 5.08. The highest BCUT2D eigenvalue weighted by atomic mass is 35.5. The Kier molecular flexibility index (Phi) is 6.09. The molecule has 0 saturated carbocycles. The Bertz CT molecular complexity index is 187. The molecule has 6 heteroatoms. The Hall–Kier alpha value is -0.740. The number of amides is 1. The van der Waals surface area contributed by atoms with Gasteiger partial charge in [0, 0.05) is 0 Å². The van der Waals surface area contributed by atoms with E-state index in [1.54, 1.807) is 0 Å². The van der Waals surface area contributed by atoms with Crippen LogP contribution in [-0.2, 0) is 0 Å².